The van der Waals surface area contributed by atoms with Crippen molar-refractivity contribution in [2.75, 3.05) is 18.4 Å². The summed E-state index contributed by atoms with van der Waals surface area (Å²) in [7, 11) is 0. The fourth-order valence-corrected chi connectivity index (χ4v) is 3.48. The van der Waals surface area contributed by atoms with Crippen molar-refractivity contribution in [2.45, 2.75) is 52.1 Å². The van der Waals surface area contributed by atoms with Crippen LogP contribution in [0.15, 0.2) is 30.6 Å². The Kier molecular flexibility index (Phi) is 5.48. The molecule has 2 heterocycles. The lowest BCUT2D eigenvalue weighted by Gasteiger charge is -2.35. The molecule has 1 aliphatic rings. The Morgan fingerprint density at radius 3 is 2.72 bits per heavy atom. The highest BCUT2D eigenvalue weighted by Crippen LogP contribution is 2.27. The van der Waals surface area contributed by atoms with Gasteiger partial charge in [-0.2, -0.15) is 0 Å². The fraction of sp³-hybridized carbons (Fsp3) is 0.526. The molecule has 0 spiro atoms. The number of aryl methyl sites for hydroxylation is 2. The van der Waals surface area contributed by atoms with Crippen LogP contribution in [0.1, 0.15) is 44.0 Å². The highest BCUT2D eigenvalue weighted by Gasteiger charge is 2.29. The minimum Gasteiger partial charge on any atom is -0.324 e. The van der Waals surface area contributed by atoms with Crippen LogP contribution in [0.2, 0.25) is 0 Å². The van der Waals surface area contributed by atoms with E-state index in [0.717, 1.165) is 49.6 Å². The van der Waals surface area contributed by atoms with Crippen LogP contribution in [0, 0.1) is 6.92 Å². The number of carbonyl (C=O) groups excluding carboxylic acids is 1. The first kappa shape index (κ1) is 17.6. The molecular formula is C19H27N5O. The van der Waals surface area contributed by atoms with E-state index in [4.69, 9.17) is 0 Å². The lowest BCUT2D eigenvalue weighted by Crippen LogP contribution is -2.46. The number of amides is 1. The Morgan fingerprint density at radius 1 is 1.32 bits per heavy atom. The van der Waals surface area contributed by atoms with Gasteiger partial charge in [0.25, 0.3) is 0 Å². The van der Waals surface area contributed by atoms with E-state index in [1.165, 1.54) is 0 Å². The molecule has 1 aliphatic heterocycles. The molecule has 0 radical (unpaired) electrons. The number of piperidine rings is 1. The zero-order valence-electron chi connectivity index (χ0n) is 15.3. The van der Waals surface area contributed by atoms with E-state index in [2.05, 4.69) is 31.9 Å². The van der Waals surface area contributed by atoms with Crippen LogP contribution >= 0.6 is 0 Å². The summed E-state index contributed by atoms with van der Waals surface area (Å²) in [6.07, 6.45) is 3.83. The summed E-state index contributed by atoms with van der Waals surface area (Å²) in [5.41, 5.74) is 1.98. The van der Waals surface area contributed by atoms with Gasteiger partial charge in [0.15, 0.2) is 0 Å². The Bertz CT molecular complexity index is 718. The van der Waals surface area contributed by atoms with Crippen molar-refractivity contribution < 1.29 is 4.79 Å². The number of para-hydroxylation sites is 1. The normalized spacial score (nSPS) is 17.4. The summed E-state index contributed by atoms with van der Waals surface area (Å²) in [5.74, 6) is 1.58. The Hall–Kier alpha value is -2.21. The third-order valence-corrected chi connectivity index (χ3v) is 5.21. The summed E-state index contributed by atoms with van der Waals surface area (Å²) in [4.78, 5) is 14.9. The molecule has 1 aromatic heterocycles. The summed E-state index contributed by atoms with van der Waals surface area (Å²) in [6, 6.07) is 7.75. The Morgan fingerprint density at radius 2 is 2.04 bits per heavy atom. The van der Waals surface area contributed by atoms with Gasteiger partial charge in [0.2, 0.25) is 5.91 Å². The van der Waals surface area contributed by atoms with Crippen LogP contribution in [-0.2, 0) is 11.3 Å². The molecule has 1 amide bonds. The third-order valence-electron chi connectivity index (χ3n) is 5.21. The predicted molar refractivity (Wildman–Crippen MR) is 98.5 cm³/mol. The molecule has 1 atom stereocenters. The van der Waals surface area contributed by atoms with Gasteiger partial charge in [-0.3, -0.25) is 9.69 Å². The van der Waals surface area contributed by atoms with Crippen molar-refractivity contribution in [3.63, 3.8) is 0 Å². The molecule has 0 bridgehead atoms. The van der Waals surface area contributed by atoms with Gasteiger partial charge in [0.1, 0.15) is 12.2 Å². The molecule has 0 saturated carbocycles. The van der Waals surface area contributed by atoms with Crippen molar-refractivity contribution in [3.05, 3.63) is 42.0 Å². The van der Waals surface area contributed by atoms with Gasteiger partial charge in [0, 0.05) is 18.2 Å². The number of nitrogens with zero attached hydrogens (tertiary/aromatic N) is 4. The van der Waals surface area contributed by atoms with E-state index in [9.17, 15) is 4.79 Å². The summed E-state index contributed by atoms with van der Waals surface area (Å²) >= 11 is 0. The lowest BCUT2D eigenvalue weighted by molar-refractivity contribution is -0.121. The van der Waals surface area contributed by atoms with Crippen molar-refractivity contribution in [3.8, 4) is 0 Å². The standard InChI is InChI=1S/C19H27N5O/c1-4-23-13-20-22-18(23)16-9-11-24(12-10-16)15(3)19(25)21-17-8-6-5-7-14(17)2/h5-8,13,15-16H,4,9-12H2,1-3H3,(H,21,25)/t15-/m1/s1. The van der Waals surface area contributed by atoms with Crippen LogP contribution < -0.4 is 5.32 Å². The van der Waals surface area contributed by atoms with Gasteiger partial charge < -0.3 is 9.88 Å². The number of carbonyl (C=O) groups is 1. The van der Waals surface area contributed by atoms with E-state index in [-0.39, 0.29) is 11.9 Å². The molecule has 0 aliphatic carbocycles. The first-order valence-corrected chi connectivity index (χ1v) is 9.08. The highest BCUT2D eigenvalue weighted by atomic mass is 16.2. The van der Waals surface area contributed by atoms with Crippen molar-refractivity contribution in [1.82, 2.24) is 19.7 Å². The SMILES string of the molecule is CCn1cnnc1C1CCN([C@H](C)C(=O)Nc2ccccc2C)CC1. The topological polar surface area (TPSA) is 63.1 Å². The molecule has 1 N–H and O–H groups in total. The largest absolute Gasteiger partial charge is 0.324 e. The first-order chi connectivity index (χ1) is 12.1. The molecular weight excluding hydrogens is 314 g/mol. The third kappa shape index (κ3) is 3.90. The quantitative estimate of drug-likeness (QED) is 0.908. The lowest BCUT2D eigenvalue weighted by atomic mass is 9.95. The number of hydrogen-bond acceptors (Lipinski definition) is 4. The van der Waals surface area contributed by atoms with Crippen molar-refractivity contribution >= 4 is 11.6 Å². The monoisotopic (exact) mass is 341 g/mol. The number of anilines is 1. The van der Waals surface area contributed by atoms with E-state index in [1.54, 1.807) is 6.33 Å². The minimum absolute atomic E-state index is 0.0597. The van der Waals surface area contributed by atoms with E-state index < -0.39 is 0 Å². The molecule has 1 fully saturated rings. The number of nitrogens with one attached hydrogen (secondary N) is 1. The maximum Gasteiger partial charge on any atom is 0.241 e. The smallest absolute Gasteiger partial charge is 0.241 e. The molecule has 3 rings (SSSR count). The first-order valence-electron chi connectivity index (χ1n) is 9.08. The maximum absolute atomic E-state index is 12.6. The minimum atomic E-state index is -0.135. The zero-order valence-corrected chi connectivity index (χ0v) is 15.3. The number of likely N-dealkylation sites (tertiary alicyclic amines) is 1. The van der Waals surface area contributed by atoms with E-state index in [0.29, 0.717) is 5.92 Å². The average molecular weight is 341 g/mol. The molecule has 1 saturated heterocycles. The second-order valence-electron chi connectivity index (χ2n) is 6.77. The van der Waals surface area contributed by atoms with Gasteiger partial charge in [-0.1, -0.05) is 18.2 Å². The fourth-order valence-electron chi connectivity index (χ4n) is 3.48. The molecule has 25 heavy (non-hydrogen) atoms. The summed E-state index contributed by atoms with van der Waals surface area (Å²) in [6.45, 7) is 8.82. The molecule has 1 aromatic carbocycles. The van der Waals surface area contributed by atoms with Crippen LogP contribution in [0.25, 0.3) is 0 Å². The number of hydrogen-bond donors (Lipinski definition) is 1. The molecule has 134 valence electrons. The average Bonchev–Trinajstić information content (AvgIpc) is 3.12. The highest BCUT2D eigenvalue weighted by molar-refractivity contribution is 5.95. The van der Waals surface area contributed by atoms with Gasteiger partial charge in [-0.25, -0.2) is 0 Å². The second-order valence-corrected chi connectivity index (χ2v) is 6.77. The van der Waals surface area contributed by atoms with Crippen LogP contribution in [-0.4, -0.2) is 44.7 Å². The van der Waals surface area contributed by atoms with E-state index in [1.807, 2.05) is 38.1 Å². The number of benzene rings is 1. The predicted octanol–water partition coefficient (Wildman–Crippen LogP) is 2.81. The van der Waals surface area contributed by atoms with Gasteiger partial charge >= 0.3 is 0 Å². The van der Waals surface area contributed by atoms with Gasteiger partial charge in [-0.05, 0) is 58.3 Å². The van der Waals surface area contributed by atoms with Crippen LogP contribution in [0.5, 0.6) is 0 Å². The Labute approximate surface area is 149 Å². The number of rotatable bonds is 5. The molecule has 2 aromatic rings. The Balaban J connectivity index is 1.57. The zero-order chi connectivity index (χ0) is 17.8. The molecule has 6 nitrogen and oxygen atoms in total. The van der Waals surface area contributed by atoms with E-state index >= 15 is 0 Å². The van der Waals surface area contributed by atoms with Crippen molar-refractivity contribution in [2.24, 2.45) is 0 Å². The molecule has 0 unspecified atom stereocenters. The van der Waals surface area contributed by atoms with Crippen LogP contribution in [0.3, 0.4) is 0 Å². The maximum atomic E-state index is 12.6. The molecule has 6 heteroatoms. The number of aromatic nitrogens is 3. The van der Waals surface area contributed by atoms with Gasteiger partial charge in [0.05, 0.1) is 6.04 Å². The van der Waals surface area contributed by atoms with Crippen LogP contribution in [0.4, 0.5) is 5.69 Å². The summed E-state index contributed by atoms with van der Waals surface area (Å²) < 4.78 is 2.12. The second kappa shape index (κ2) is 7.78. The van der Waals surface area contributed by atoms with Gasteiger partial charge in [-0.15, -0.1) is 10.2 Å². The van der Waals surface area contributed by atoms with Crippen molar-refractivity contribution in [1.29, 1.82) is 0 Å². The summed E-state index contributed by atoms with van der Waals surface area (Å²) in [5, 5.41) is 11.4.